The summed E-state index contributed by atoms with van der Waals surface area (Å²) in [6.45, 7) is 2.06. The molecular formula is C13H18Cl2FN3O3S. The van der Waals surface area contributed by atoms with Crippen LogP contribution in [-0.4, -0.2) is 63.3 Å². The molecule has 1 N–H and O–H groups in total. The highest BCUT2D eigenvalue weighted by molar-refractivity contribution is 7.89. The number of hydrogen-bond donors (Lipinski definition) is 1. The van der Waals surface area contributed by atoms with E-state index in [9.17, 15) is 17.6 Å². The van der Waals surface area contributed by atoms with E-state index in [1.807, 2.05) is 0 Å². The molecule has 23 heavy (non-hydrogen) atoms. The van der Waals surface area contributed by atoms with Crippen LogP contribution >= 0.6 is 24.0 Å². The Labute approximate surface area is 146 Å². The molecule has 1 heterocycles. The van der Waals surface area contributed by atoms with E-state index in [0.717, 1.165) is 16.4 Å². The predicted molar refractivity (Wildman–Crippen MR) is 87.9 cm³/mol. The molecule has 1 aromatic rings. The molecule has 1 fully saturated rings. The molecular weight excluding hydrogens is 368 g/mol. The minimum absolute atomic E-state index is 0. The number of nitrogens with zero attached hydrogens (tertiary/aromatic N) is 2. The van der Waals surface area contributed by atoms with Gasteiger partial charge in [-0.05, 0) is 18.2 Å². The number of sulfonamides is 1. The van der Waals surface area contributed by atoms with Crippen molar-refractivity contribution < 1.29 is 17.6 Å². The Bertz CT molecular complexity index is 666. The van der Waals surface area contributed by atoms with Crippen LogP contribution in [0.2, 0.25) is 5.02 Å². The highest BCUT2D eigenvalue weighted by Gasteiger charge is 2.28. The van der Waals surface area contributed by atoms with Crippen molar-refractivity contribution in [1.29, 1.82) is 0 Å². The number of hydrogen-bond acceptors (Lipinski definition) is 4. The maximum Gasteiger partial charge on any atom is 0.246 e. The average Bonchev–Trinajstić information content (AvgIpc) is 2.50. The first kappa shape index (κ1) is 20.1. The van der Waals surface area contributed by atoms with Crippen LogP contribution in [0.1, 0.15) is 0 Å². The van der Waals surface area contributed by atoms with Crippen molar-refractivity contribution in [1.82, 2.24) is 14.5 Å². The fourth-order valence-electron chi connectivity index (χ4n) is 2.13. The summed E-state index contributed by atoms with van der Waals surface area (Å²) in [5, 5.41) is 3.22. The number of carbonyl (C=O) groups excluding carboxylic acids is 1. The zero-order valence-corrected chi connectivity index (χ0v) is 14.8. The van der Waals surface area contributed by atoms with Crippen LogP contribution in [0.3, 0.4) is 0 Å². The first-order valence-electron chi connectivity index (χ1n) is 6.72. The Balaban J connectivity index is 0.00000264. The molecule has 1 saturated heterocycles. The third kappa shape index (κ3) is 4.77. The van der Waals surface area contributed by atoms with Crippen LogP contribution in [-0.2, 0) is 14.8 Å². The van der Waals surface area contributed by atoms with Gasteiger partial charge in [0.05, 0.1) is 6.54 Å². The smallest absolute Gasteiger partial charge is 0.246 e. The normalized spacial score (nSPS) is 15.4. The number of carbonyl (C=O) groups is 1. The Morgan fingerprint density at radius 3 is 2.61 bits per heavy atom. The Morgan fingerprint density at radius 2 is 2.00 bits per heavy atom. The Morgan fingerprint density at radius 1 is 1.39 bits per heavy atom. The van der Waals surface area contributed by atoms with Gasteiger partial charge in [0.15, 0.2) is 0 Å². The molecule has 1 aliphatic rings. The van der Waals surface area contributed by atoms with Crippen LogP contribution in [0, 0.1) is 5.82 Å². The summed E-state index contributed by atoms with van der Waals surface area (Å²) in [7, 11) is -2.87. The van der Waals surface area contributed by atoms with Gasteiger partial charge in [-0.1, -0.05) is 11.6 Å². The van der Waals surface area contributed by atoms with Crippen LogP contribution in [0.4, 0.5) is 4.39 Å². The average molecular weight is 386 g/mol. The van der Waals surface area contributed by atoms with Gasteiger partial charge in [0.2, 0.25) is 15.9 Å². The molecule has 130 valence electrons. The van der Waals surface area contributed by atoms with Gasteiger partial charge in [0.25, 0.3) is 0 Å². The minimum atomic E-state index is -4.12. The van der Waals surface area contributed by atoms with Gasteiger partial charge in [-0.3, -0.25) is 4.79 Å². The number of nitrogens with one attached hydrogen (secondary N) is 1. The minimum Gasteiger partial charge on any atom is -0.339 e. The number of likely N-dealkylation sites (N-methyl/N-ethyl adjacent to an activating group) is 1. The molecule has 2 rings (SSSR count). The number of amides is 1. The van der Waals surface area contributed by atoms with Crippen molar-refractivity contribution in [2.75, 3.05) is 39.8 Å². The van der Waals surface area contributed by atoms with E-state index in [-0.39, 0.29) is 29.9 Å². The van der Waals surface area contributed by atoms with E-state index >= 15 is 0 Å². The van der Waals surface area contributed by atoms with E-state index in [1.54, 1.807) is 4.90 Å². The molecule has 1 aliphatic heterocycles. The summed E-state index contributed by atoms with van der Waals surface area (Å²) < 4.78 is 39.3. The van der Waals surface area contributed by atoms with Gasteiger partial charge < -0.3 is 10.2 Å². The van der Waals surface area contributed by atoms with Crippen molar-refractivity contribution >= 4 is 39.9 Å². The molecule has 0 radical (unpaired) electrons. The SMILES string of the molecule is CN(CC(=O)N1CCNCC1)S(=O)(=O)c1cc(Cl)ccc1F.Cl. The molecule has 1 aromatic carbocycles. The first-order valence-corrected chi connectivity index (χ1v) is 8.54. The number of rotatable bonds is 4. The maximum absolute atomic E-state index is 13.7. The molecule has 0 aromatic heterocycles. The van der Waals surface area contributed by atoms with Crippen molar-refractivity contribution in [3.05, 3.63) is 29.0 Å². The zero-order valence-electron chi connectivity index (χ0n) is 12.5. The largest absolute Gasteiger partial charge is 0.339 e. The van der Waals surface area contributed by atoms with E-state index in [1.165, 1.54) is 13.1 Å². The van der Waals surface area contributed by atoms with Crippen LogP contribution in [0.25, 0.3) is 0 Å². The van der Waals surface area contributed by atoms with Gasteiger partial charge in [0.1, 0.15) is 10.7 Å². The molecule has 0 bridgehead atoms. The topological polar surface area (TPSA) is 69.7 Å². The fourth-order valence-corrected chi connectivity index (χ4v) is 3.58. The second-order valence-electron chi connectivity index (χ2n) is 4.97. The lowest BCUT2D eigenvalue weighted by Gasteiger charge is -2.29. The molecule has 0 spiro atoms. The fraction of sp³-hybridized carbons (Fsp3) is 0.462. The summed E-state index contributed by atoms with van der Waals surface area (Å²) in [5.74, 6) is -1.21. The molecule has 10 heteroatoms. The maximum atomic E-state index is 13.7. The standard InChI is InChI=1S/C13H17ClFN3O3S.ClH/c1-17(9-13(19)18-6-4-16-5-7-18)22(20,21)12-8-10(14)2-3-11(12)15;/h2-3,8,16H,4-7,9H2,1H3;1H. The summed E-state index contributed by atoms with van der Waals surface area (Å²) in [6, 6.07) is 3.29. The summed E-state index contributed by atoms with van der Waals surface area (Å²) >= 11 is 5.72. The van der Waals surface area contributed by atoms with Gasteiger partial charge in [-0.15, -0.1) is 12.4 Å². The lowest BCUT2D eigenvalue weighted by molar-refractivity contribution is -0.131. The van der Waals surface area contributed by atoms with Crippen molar-refractivity contribution in [3.8, 4) is 0 Å². The lowest BCUT2D eigenvalue weighted by atomic mass is 10.3. The third-order valence-electron chi connectivity index (χ3n) is 3.41. The molecule has 0 saturated carbocycles. The quantitative estimate of drug-likeness (QED) is 0.837. The Hall–Kier alpha value is -0.930. The van der Waals surface area contributed by atoms with Gasteiger partial charge in [-0.2, -0.15) is 4.31 Å². The van der Waals surface area contributed by atoms with E-state index in [2.05, 4.69) is 5.32 Å². The van der Waals surface area contributed by atoms with Gasteiger partial charge in [-0.25, -0.2) is 12.8 Å². The van der Waals surface area contributed by atoms with E-state index < -0.39 is 20.7 Å². The number of halogens is 3. The Kier molecular flexibility index (Phi) is 7.22. The third-order valence-corrected chi connectivity index (χ3v) is 5.46. The number of piperazine rings is 1. The predicted octanol–water partition coefficient (Wildman–Crippen LogP) is 0.953. The zero-order chi connectivity index (χ0) is 16.3. The highest BCUT2D eigenvalue weighted by Crippen LogP contribution is 2.22. The van der Waals surface area contributed by atoms with Crippen molar-refractivity contribution in [2.45, 2.75) is 4.90 Å². The van der Waals surface area contributed by atoms with E-state index in [4.69, 9.17) is 11.6 Å². The van der Waals surface area contributed by atoms with Crippen molar-refractivity contribution in [3.63, 3.8) is 0 Å². The summed E-state index contributed by atoms with van der Waals surface area (Å²) in [5.41, 5.74) is 0. The second kappa shape index (κ2) is 8.25. The molecule has 0 aliphatic carbocycles. The van der Waals surface area contributed by atoms with Crippen LogP contribution < -0.4 is 5.32 Å². The number of benzene rings is 1. The van der Waals surface area contributed by atoms with Crippen LogP contribution in [0.15, 0.2) is 23.1 Å². The first-order chi connectivity index (χ1) is 10.3. The summed E-state index contributed by atoms with van der Waals surface area (Å²) in [6.07, 6.45) is 0. The molecule has 0 atom stereocenters. The molecule has 0 unspecified atom stereocenters. The van der Waals surface area contributed by atoms with Gasteiger partial charge in [0, 0.05) is 38.2 Å². The monoisotopic (exact) mass is 385 g/mol. The van der Waals surface area contributed by atoms with Crippen LogP contribution in [0.5, 0.6) is 0 Å². The summed E-state index contributed by atoms with van der Waals surface area (Å²) in [4.78, 5) is 13.2. The van der Waals surface area contributed by atoms with Gasteiger partial charge >= 0.3 is 0 Å². The molecule has 1 amide bonds. The highest BCUT2D eigenvalue weighted by atomic mass is 35.5. The van der Waals surface area contributed by atoms with E-state index in [0.29, 0.717) is 26.2 Å². The molecule has 6 nitrogen and oxygen atoms in total. The lowest BCUT2D eigenvalue weighted by Crippen LogP contribution is -2.49. The van der Waals surface area contributed by atoms with Crippen molar-refractivity contribution in [2.24, 2.45) is 0 Å². The second-order valence-corrected chi connectivity index (χ2v) is 7.42.